The monoisotopic (exact) mass is 295 g/mol. The molecule has 92 valence electrons. The zero-order valence-corrected chi connectivity index (χ0v) is 11.5. The lowest BCUT2D eigenvalue weighted by Gasteiger charge is -2.32. The highest BCUT2D eigenvalue weighted by Gasteiger charge is 2.31. The van der Waals surface area contributed by atoms with Crippen LogP contribution in [0.25, 0.3) is 0 Å². The van der Waals surface area contributed by atoms with Crippen LogP contribution in [0.5, 0.6) is 0 Å². The van der Waals surface area contributed by atoms with Crippen LogP contribution in [0.2, 0.25) is 0 Å². The van der Waals surface area contributed by atoms with Gasteiger partial charge in [-0.15, -0.1) is 0 Å². The van der Waals surface area contributed by atoms with Crippen LogP contribution in [0.15, 0.2) is 22.8 Å². The first kappa shape index (κ1) is 11.5. The minimum Gasteiger partial charge on any atom is -0.367 e. The van der Waals surface area contributed by atoms with Crippen molar-refractivity contribution >= 4 is 21.7 Å². The molecular weight excluding hydrogens is 278 g/mol. The lowest BCUT2D eigenvalue weighted by atomic mass is 10.0. The Morgan fingerprint density at radius 3 is 2.53 bits per heavy atom. The van der Waals surface area contributed by atoms with Gasteiger partial charge >= 0.3 is 0 Å². The Kier molecular flexibility index (Phi) is 3.34. The molecule has 1 saturated heterocycles. The molecule has 0 aromatic carbocycles. The van der Waals surface area contributed by atoms with E-state index in [1.165, 1.54) is 38.8 Å². The van der Waals surface area contributed by atoms with Gasteiger partial charge in [-0.1, -0.05) is 0 Å². The molecule has 3 nitrogen and oxygen atoms in total. The van der Waals surface area contributed by atoms with Gasteiger partial charge in [-0.3, -0.25) is 0 Å². The molecule has 2 heterocycles. The Morgan fingerprint density at radius 1 is 1.18 bits per heavy atom. The van der Waals surface area contributed by atoms with Crippen LogP contribution in [-0.2, 0) is 0 Å². The second kappa shape index (κ2) is 4.94. The van der Waals surface area contributed by atoms with Crippen molar-refractivity contribution in [2.75, 3.05) is 18.4 Å². The van der Waals surface area contributed by atoms with Crippen LogP contribution < -0.4 is 5.32 Å². The molecule has 2 fully saturated rings. The molecule has 0 radical (unpaired) electrons. The maximum absolute atomic E-state index is 4.37. The van der Waals surface area contributed by atoms with Gasteiger partial charge in [0, 0.05) is 35.8 Å². The Balaban J connectivity index is 1.51. The van der Waals surface area contributed by atoms with Crippen LogP contribution in [0, 0.1) is 0 Å². The summed E-state index contributed by atoms with van der Waals surface area (Å²) in [6.07, 6.45) is 7.18. The van der Waals surface area contributed by atoms with Crippen molar-refractivity contribution in [3.63, 3.8) is 0 Å². The molecule has 1 N–H and O–H groups in total. The predicted molar refractivity (Wildman–Crippen MR) is 73.2 cm³/mol. The molecule has 17 heavy (non-hydrogen) atoms. The maximum atomic E-state index is 4.37. The number of rotatable bonds is 3. The van der Waals surface area contributed by atoms with E-state index in [4.69, 9.17) is 0 Å². The number of pyridine rings is 1. The van der Waals surface area contributed by atoms with E-state index in [0.717, 1.165) is 16.3 Å². The summed E-state index contributed by atoms with van der Waals surface area (Å²) in [5.41, 5.74) is 0. The first-order valence-electron chi connectivity index (χ1n) is 6.43. The van der Waals surface area contributed by atoms with Gasteiger partial charge in [0.25, 0.3) is 0 Å². The van der Waals surface area contributed by atoms with Gasteiger partial charge in [0.2, 0.25) is 0 Å². The molecule has 1 saturated carbocycles. The largest absolute Gasteiger partial charge is 0.367 e. The van der Waals surface area contributed by atoms with Crippen LogP contribution in [0.4, 0.5) is 5.82 Å². The summed E-state index contributed by atoms with van der Waals surface area (Å²) in [7, 11) is 0. The van der Waals surface area contributed by atoms with Crippen molar-refractivity contribution in [3.05, 3.63) is 22.8 Å². The van der Waals surface area contributed by atoms with Crippen LogP contribution >= 0.6 is 15.9 Å². The highest BCUT2D eigenvalue weighted by molar-refractivity contribution is 9.10. The molecule has 2 aliphatic rings. The standard InChI is InChI=1S/C13H18BrN3/c14-10-1-4-13(15-9-10)16-11-5-7-17(8-6-11)12-2-3-12/h1,4,9,11-12H,2-3,5-8H2,(H,15,16). The number of likely N-dealkylation sites (tertiary alicyclic amines) is 1. The Hall–Kier alpha value is -0.610. The molecule has 3 rings (SSSR count). The smallest absolute Gasteiger partial charge is 0.126 e. The van der Waals surface area contributed by atoms with Crippen molar-refractivity contribution < 1.29 is 0 Å². The van der Waals surface area contributed by atoms with Crippen LogP contribution in [0.1, 0.15) is 25.7 Å². The van der Waals surface area contributed by atoms with Gasteiger partial charge in [0.15, 0.2) is 0 Å². The van der Waals surface area contributed by atoms with Gasteiger partial charge in [0.1, 0.15) is 5.82 Å². The number of hydrogen-bond donors (Lipinski definition) is 1. The zero-order chi connectivity index (χ0) is 11.7. The first-order chi connectivity index (χ1) is 8.31. The third-order valence-corrected chi connectivity index (χ3v) is 4.14. The number of nitrogens with one attached hydrogen (secondary N) is 1. The fourth-order valence-electron chi connectivity index (χ4n) is 2.52. The number of anilines is 1. The second-order valence-corrected chi connectivity index (χ2v) is 5.96. The van der Waals surface area contributed by atoms with Crippen molar-refractivity contribution in [1.82, 2.24) is 9.88 Å². The summed E-state index contributed by atoms with van der Waals surface area (Å²) in [6.45, 7) is 2.50. The molecule has 0 bridgehead atoms. The zero-order valence-electron chi connectivity index (χ0n) is 9.90. The number of aromatic nitrogens is 1. The van der Waals surface area contributed by atoms with Crippen molar-refractivity contribution in [2.45, 2.75) is 37.8 Å². The highest BCUT2D eigenvalue weighted by Crippen LogP contribution is 2.29. The topological polar surface area (TPSA) is 28.2 Å². The fraction of sp³-hybridized carbons (Fsp3) is 0.615. The summed E-state index contributed by atoms with van der Waals surface area (Å²) in [5.74, 6) is 0.998. The van der Waals surface area contributed by atoms with Crippen molar-refractivity contribution in [3.8, 4) is 0 Å². The van der Waals surface area contributed by atoms with E-state index in [-0.39, 0.29) is 0 Å². The third kappa shape index (κ3) is 2.99. The van der Waals surface area contributed by atoms with E-state index < -0.39 is 0 Å². The molecule has 0 atom stereocenters. The molecular formula is C13H18BrN3. The van der Waals surface area contributed by atoms with Crippen molar-refractivity contribution in [1.29, 1.82) is 0 Å². The van der Waals surface area contributed by atoms with E-state index in [0.29, 0.717) is 6.04 Å². The molecule has 1 aliphatic carbocycles. The third-order valence-electron chi connectivity index (χ3n) is 3.67. The average molecular weight is 296 g/mol. The van der Waals surface area contributed by atoms with Gasteiger partial charge in [-0.2, -0.15) is 0 Å². The Labute approximate surface area is 111 Å². The molecule has 4 heteroatoms. The fourth-order valence-corrected chi connectivity index (χ4v) is 2.75. The summed E-state index contributed by atoms with van der Waals surface area (Å²) in [6, 6.07) is 5.59. The van der Waals surface area contributed by atoms with Crippen molar-refractivity contribution in [2.24, 2.45) is 0 Å². The number of piperidine rings is 1. The number of hydrogen-bond acceptors (Lipinski definition) is 3. The highest BCUT2D eigenvalue weighted by atomic mass is 79.9. The lowest BCUT2D eigenvalue weighted by Crippen LogP contribution is -2.40. The summed E-state index contributed by atoms with van der Waals surface area (Å²) in [5, 5.41) is 3.53. The van der Waals surface area contributed by atoms with Gasteiger partial charge in [-0.25, -0.2) is 4.98 Å². The number of nitrogens with zero attached hydrogens (tertiary/aromatic N) is 2. The first-order valence-corrected chi connectivity index (χ1v) is 7.23. The molecule has 1 aliphatic heterocycles. The van der Waals surface area contributed by atoms with Gasteiger partial charge in [-0.05, 0) is 53.7 Å². The average Bonchev–Trinajstić information content (AvgIpc) is 3.17. The molecule has 0 amide bonds. The Morgan fingerprint density at radius 2 is 1.94 bits per heavy atom. The minimum absolute atomic E-state index is 0.596. The summed E-state index contributed by atoms with van der Waals surface area (Å²) < 4.78 is 1.03. The van der Waals surface area contributed by atoms with E-state index >= 15 is 0 Å². The van der Waals surface area contributed by atoms with Gasteiger partial charge in [0.05, 0.1) is 0 Å². The molecule has 1 aromatic rings. The van der Waals surface area contributed by atoms with Crippen LogP contribution in [-0.4, -0.2) is 35.1 Å². The van der Waals surface area contributed by atoms with E-state index in [2.05, 4.69) is 31.1 Å². The second-order valence-electron chi connectivity index (χ2n) is 5.05. The van der Waals surface area contributed by atoms with E-state index in [1.54, 1.807) is 0 Å². The lowest BCUT2D eigenvalue weighted by molar-refractivity contribution is 0.210. The summed E-state index contributed by atoms with van der Waals surface area (Å²) in [4.78, 5) is 7.01. The number of halogens is 1. The van der Waals surface area contributed by atoms with E-state index in [9.17, 15) is 0 Å². The quantitative estimate of drug-likeness (QED) is 0.929. The summed E-state index contributed by atoms with van der Waals surface area (Å²) >= 11 is 3.40. The molecule has 0 spiro atoms. The van der Waals surface area contributed by atoms with E-state index in [1.807, 2.05) is 18.3 Å². The normalized spacial score (nSPS) is 22.6. The van der Waals surface area contributed by atoms with Gasteiger partial charge < -0.3 is 10.2 Å². The van der Waals surface area contributed by atoms with Crippen LogP contribution in [0.3, 0.4) is 0 Å². The predicted octanol–water partition coefficient (Wildman–Crippen LogP) is 2.88. The molecule has 0 unspecified atom stereocenters. The Bertz CT molecular complexity index is 367. The maximum Gasteiger partial charge on any atom is 0.126 e. The molecule has 1 aromatic heterocycles. The minimum atomic E-state index is 0.596. The SMILES string of the molecule is Brc1ccc(NC2CCN(C3CC3)CC2)nc1.